The monoisotopic (exact) mass is 475 g/mol. The number of anilines is 2. The van der Waals surface area contributed by atoms with E-state index in [4.69, 9.17) is 20.9 Å². The highest BCUT2D eigenvalue weighted by atomic mass is 19.1. The van der Waals surface area contributed by atoms with E-state index < -0.39 is 11.9 Å². The maximum atomic E-state index is 14.3. The summed E-state index contributed by atoms with van der Waals surface area (Å²) in [4.78, 5) is 26.2. The zero-order chi connectivity index (χ0) is 25.1. The second kappa shape index (κ2) is 9.88. The summed E-state index contributed by atoms with van der Waals surface area (Å²) < 4.78 is 20.9. The van der Waals surface area contributed by atoms with E-state index in [-0.39, 0.29) is 39.8 Å². The summed E-state index contributed by atoms with van der Waals surface area (Å²) in [6, 6.07) is 10.9. The van der Waals surface area contributed by atoms with Gasteiger partial charge in [-0.25, -0.2) is 19.3 Å². The van der Waals surface area contributed by atoms with Crippen LogP contribution in [0.1, 0.15) is 43.3 Å². The van der Waals surface area contributed by atoms with Crippen molar-refractivity contribution in [1.82, 2.24) is 19.5 Å². The predicted molar refractivity (Wildman–Crippen MR) is 134 cm³/mol. The molecule has 180 valence electrons. The lowest BCUT2D eigenvalue weighted by atomic mass is 10.0. The van der Waals surface area contributed by atoms with Crippen LogP contribution in [-0.2, 0) is 6.54 Å². The van der Waals surface area contributed by atoms with Crippen molar-refractivity contribution in [3.63, 3.8) is 0 Å². The first-order valence-corrected chi connectivity index (χ1v) is 11.1. The van der Waals surface area contributed by atoms with Gasteiger partial charge in [-0.05, 0) is 43.7 Å². The van der Waals surface area contributed by atoms with Crippen molar-refractivity contribution in [3.05, 3.63) is 81.9 Å². The lowest BCUT2D eigenvalue weighted by Crippen LogP contribution is -2.29. The quantitative estimate of drug-likeness (QED) is 0.329. The van der Waals surface area contributed by atoms with E-state index in [9.17, 15) is 9.18 Å². The fourth-order valence-electron chi connectivity index (χ4n) is 3.95. The van der Waals surface area contributed by atoms with Crippen molar-refractivity contribution in [2.45, 2.75) is 32.9 Å². The van der Waals surface area contributed by atoms with Crippen molar-refractivity contribution >= 4 is 28.3 Å². The number of nitrogens with zero attached hydrogens (tertiary/aromatic N) is 4. The molecule has 4 N–H and O–H groups in total. The number of nitrogens with one attached hydrogen (secondary N) is 2. The molecule has 10 heteroatoms. The van der Waals surface area contributed by atoms with Crippen molar-refractivity contribution < 1.29 is 9.13 Å². The molecule has 2 heterocycles. The maximum absolute atomic E-state index is 14.3. The van der Waals surface area contributed by atoms with Gasteiger partial charge in [-0.1, -0.05) is 19.1 Å². The molecule has 0 aliphatic carbocycles. The molecule has 0 spiro atoms. The standard InChI is InChI=1S/C25H26FN7O2/c1-4-11-33-24(32-18-8-6-5-7-16(18)25(33)34)14(2)31-23-20(22(28)29-13-30-23)21(27)15-9-10-19(35-3)17(26)12-15/h5-10,12-14,27H,4,11H2,1-3H3,(H3,28,29,30,31). The number of benzene rings is 2. The zero-order valence-electron chi connectivity index (χ0n) is 19.7. The van der Waals surface area contributed by atoms with Crippen LogP contribution < -0.4 is 21.3 Å². The van der Waals surface area contributed by atoms with Gasteiger partial charge < -0.3 is 15.8 Å². The van der Waals surface area contributed by atoms with Crippen LogP contribution in [0.3, 0.4) is 0 Å². The van der Waals surface area contributed by atoms with Crippen LogP contribution in [0.25, 0.3) is 10.9 Å². The molecule has 35 heavy (non-hydrogen) atoms. The van der Waals surface area contributed by atoms with Crippen LogP contribution in [0, 0.1) is 11.2 Å². The number of nitrogen functional groups attached to an aromatic ring is 1. The molecule has 0 amide bonds. The fraction of sp³-hybridized carbons (Fsp3) is 0.240. The van der Waals surface area contributed by atoms with Crippen LogP contribution in [-0.4, -0.2) is 32.3 Å². The van der Waals surface area contributed by atoms with E-state index in [0.29, 0.717) is 23.3 Å². The molecule has 0 bridgehead atoms. The highest BCUT2D eigenvalue weighted by molar-refractivity contribution is 6.16. The summed E-state index contributed by atoms with van der Waals surface area (Å²) >= 11 is 0. The number of halogens is 1. The first-order chi connectivity index (χ1) is 16.8. The minimum absolute atomic E-state index is 0.0585. The van der Waals surface area contributed by atoms with E-state index in [1.165, 1.54) is 25.6 Å². The first kappa shape index (κ1) is 23.8. The SMILES string of the molecule is CCCn1c(C(C)Nc2ncnc(N)c2C(=N)c2ccc(OC)c(F)c2)nc2ccccc2c1=O. The van der Waals surface area contributed by atoms with Crippen LogP contribution in [0.5, 0.6) is 5.75 Å². The average molecular weight is 476 g/mol. The van der Waals surface area contributed by atoms with Gasteiger partial charge in [-0.2, -0.15) is 0 Å². The number of nitrogens with two attached hydrogens (primary N) is 1. The molecule has 0 aliphatic heterocycles. The van der Waals surface area contributed by atoms with Gasteiger partial charge in [0, 0.05) is 12.1 Å². The molecule has 0 fully saturated rings. The van der Waals surface area contributed by atoms with Gasteiger partial charge in [0.2, 0.25) is 0 Å². The number of fused-ring (bicyclic) bond motifs is 1. The largest absolute Gasteiger partial charge is 0.494 e. The lowest BCUT2D eigenvalue weighted by molar-refractivity contribution is 0.386. The Balaban J connectivity index is 1.76. The third-order valence-electron chi connectivity index (χ3n) is 5.65. The Bertz CT molecular complexity index is 1470. The number of hydrogen-bond acceptors (Lipinski definition) is 8. The Morgan fingerprint density at radius 3 is 2.74 bits per heavy atom. The minimum Gasteiger partial charge on any atom is -0.494 e. The molecular weight excluding hydrogens is 449 g/mol. The van der Waals surface area contributed by atoms with Gasteiger partial charge in [0.05, 0.1) is 35.3 Å². The van der Waals surface area contributed by atoms with Crippen molar-refractivity contribution in [2.24, 2.45) is 0 Å². The number of para-hydroxylation sites is 1. The summed E-state index contributed by atoms with van der Waals surface area (Å²) in [5.41, 5.74) is 7.04. The van der Waals surface area contributed by atoms with Crippen molar-refractivity contribution in [2.75, 3.05) is 18.2 Å². The summed E-state index contributed by atoms with van der Waals surface area (Å²) in [5, 5.41) is 12.5. The number of methoxy groups -OCH3 is 1. The normalized spacial score (nSPS) is 11.9. The van der Waals surface area contributed by atoms with Gasteiger partial charge in [0.25, 0.3) is 5.56 Å². The van der Waals surface area contributed by atoms with Gasteiger partial charge in [0.1, 0.15) is 23.8 Å². The average Bonchev–Trinajstić information content (AvgIpc) is 2.85. The Kier molecular flexibility index (Phi) is 6.72. The molecule has 9 nitrogen and oxygen atoms in total. The number of ether oxygens (including phenoxy) is 1. The van der Waals surface area contributed by atoms with E-state index in [2.05, 4.69) is 15.3 Å². The van der Waals surface area contributed by atoms with Gasteiger partial charge in [0.15, 0.2) is 11.6 Å². The Hall–Kier alpha value is -4.34. The molecule has 0 saturated heterocycles. The molecule has 1 unspecified atom stereocenters. The summed E-state index contributed by atoms with van der Waals surface area (Å²) in [6.07, 6.45) is 2.03. The van der Waals surface area contributed by atoms with Crippen molar-refractivity contribution in [1.29, 1.82) is 5.41 Å². The van der Waals surface area contributed by atoms with E-state index >= 15 is 0 Å². The third kappa shape index (κ3) is 4.54. The topological polar surface area (TPSA) is 132 Å². The maximum Gasteiger partial charge on any atom is 0.261 e. The highest BCUT2D eigenvalue weighted by Gasteiger charge is 2.22. The van der Waals surface area contributed by atoms with Crippen LogP contribution in [0.15, 0.2) is 53.6 Å². The molecule has 1 atom stereocenters. The van der Waals surface area contributed by atoms with Gasteiger partial charge >= 0.3 is 0 Å². The van der Waals surface area contributed by atoms with E-state index in [1.54, 1.807) is 22.8 Å². The molecule has 2 aromatic carbocycles. The molecule has 0 aliphatic rings. The lowest BCUT2D eigenvalue weighted by Gasteiger charge is -2.21. The Labute approximate surface area is 201 Å². The summed E-state index contributed by atoms with van der Waals surface area (Å²) in [7, 11) is 1.37. The smallest absolute Gasteiger partial charge is 0.261 e. The van der Waals surface area contributed by atoms with Crippen molar-refractivity contribution in [3.8, 4) is 5.75 Å². The molecule has 0 radical (unpaired) electrons. The Morgan fingerprint density at radius 2 is 2.03 bits per heavy atom. The Morgan fingerprint density at radius 1 is 1.26 bits per heavy atom. The first-order valence-electron chi connectivity index (χ1n) is 11.1. The second-order valence-corrected chi connectivity index (χ2v) is 8.02. The van der Waals surface area contributed by atoms with E-state index in [0.717, 1.165) is 6.42 Å². The van der Waals surface area contributed by atoms with E-state index in [1.807, 2.05) is 26.0 Å². The third-order valence-corrected chi connectivity index (χ3v) is 5.65. The number of aromatic nitrogens is 4. The molecule has 4 rings (SSSR count). The van der Waals surface area contributed by atoms with Crippen LogP contribution >= 0.6 is 0 Å². The highest BCUT2D eigenvalue weighted by Crippen LogP contribution is 2.27. The fourth-order valence-corrected chi connectivity index (χ4v) is 3.95. The molecular formula is C25H26FN7O2. The van der Waals surface area contributed by atoms with Gasteiger partial charge in [-0.15, -0.1) is 0 Å². The molecule has 2 aromatic heterocycles. The zero-order valence-corrected chi connectivity index (χ0v) is 19.7. The van der Waals surface area contributed by atoms with Gasteiger partial charge in [-0.3, -0.25) is 14.8 Å². The molecule has 4 aromatic rings. The number of hydrogen-bond donors (Lipinski definition) is 3. The van der Waals surface area contributed by atoms with Crippen LogP contribution in [0.2, 0.25) is 0 Å². The molecule has 0 saturated carbocycles. The van der Waals surface area contributed by atoms with Crippen LogP contribution in [0.4, 0.5) is 16.0 Å². The summed E-state index contributed by atoms with van der Waals surface area (Å²) in [6.45, 7) is 4.33. The number of rotatable bonds is 8. The minimum atomic E-state index is -0.600. The summed E-state index contributed by atoms with van der Waals surface area (Å²) in [5.74, 6) is 0.338. The predicted octanol–water partition coefficient (Wildman–Crippen LogP) is 3.92. The second-order valence-electron chi connectivity index (χ2n) is 8.02.